The summed E-state index contributed by atoms with van der Waals surface area (Å²) in [5, 5.41) is 21.8. The summed E-state index contributed by atoms with van der Waals surface area (Å²) in [6, 6.07) is 7.93. The molecule has 20 heavy (non-hydrogen) atoms. The summed E-state index contributed by atoms with van der Waals surface area (Å²) in [6.07, 6.45) is 3.06. The van der Waals surface area contributed by atoms with Crippen molar-refractivity contribution >= 4 is 5.91 Å². The van der Waals surface area contributed by atoms with Gasteiger partial charge in [0.05, 0.1) is 11.8 Å². The summed E-state index contributed by atoms with van der Waals surface area (Å²) >= 11 is 0. The molecule has 0 fully saturated rings. The zero-order valence-electron chi connectivity index (χ0n) is 11.2. The predicted molar refractivity (Wildman–Crippen MR) is 73.7 cm³/mol. The molecule has 1 unspecified atom stereocenters. The number of nitrogens with one attached hydrogen (secondary N) is 1. The summed E-state index contributed by atoms with van der Waals surface area (Å²) in [5.41, 5.74) is 0.0647. The Morgan fingerprint density at radius 3 is 2.80 bits per heavy atom. The highest BCUT2D eigenvalue weighted by Gasteiger charge is 2.15. The van der Waals surface area contributed by atoms with Gasteiger partial charge in [0.1, 0.15) is 5.76 Å². The van der Waals surface area contributed by atoms with Crippen LogP contribution in [0.1, 0.15) is 29.5 Å². The Balaban J connectivity index is 1.92. The number of carbonyl (C=O) groups is 1. The van der Waals surface area contributed by atoms with Crippen molar-refractivity contribution in [3.05, 3.63) is 47.9 Å². The normalized spacial score (nSPS) is 12.1. The number of phenolic OH excluding ortho intramolecular Hbond substituents is 2. The van der Waals surface area contributed by atoms with Gasteiger partial charge in [-0.3, -0.25) is 4.79 Å². The molecule has 0 bridgehead atoms. The maximum Gasteiger partial charge on any atom is 0.255 e. The fraction of sp³-hybridized carbons (Fsp3) is 0.267. The second-order valence-corrected chi connectivity index (χ2v) is 4.67. The molecule has 5 heteroatoms. The van der Waals surface area contributed by atoms with E-state index in [2.05, 4.69) is 5.32 Å². The second kappa shape index (κ2) is 6.14. The highest BCUT2D eigenvalue weighted by molar-refractivity contribution is 5.97. The fourth-order valence-corrected chi connectivity index (χ4v) is 1.90. The van der Waals surface area contributed by atoms with E-state index < -0.39 is 11.7 Å². The van der Waals surface area contributed by atoms with Crippen molar-refractivity contribution < 1.29 is 19.4 Å². The number of aryl methyl sites for hydroxylation is 1. The van der Waals surface area contributed by atoms with E-state index in [1.54, 1.807) is 6.26 Å². The lowest BCUT2D eigenvalue weighted by Crippen LogP contribution is -2.32. The topological polar surface area (TPSA) is 82.7 Å². The number of furan rings is 1. The Bertz CT molecular complexity index is 578. The lowest BCUT2D eigenvalue weighted by Gasteiger charge is -2.14. The molecule has 1 heterocycles. The predicted octanol–water partition coefficient (Wildman–Crippen LogP) is 2.44. The Kier molecular flexibility index (Phi) is 4.30. The Labute approximate surface area is 116 Å². The van der Waals surface area contributed by atoms with E-state index in [0.29, 0.717) is 0 Å². The van der Waals surface area contributed by atoms with E-state index in [-0.39, 0.29) is 17.4 Å². The highest BCUT2D eigenvalue weighted by atomic mass is 16.3. The number of benzene rings is 1. The van der Waals surface area contributed by atoms with Gasteiger partial charge in [-0.1, -0.05) is 6.07 Å². The lowest BCUT2D eigenvalue weighted by molar-refractivity contribution is 0.0934. The molecule has 1 atom stereocenters. The molecule has 0 radical (unpaired) electrons. The molecule has 1 aromatic carbocycles. The summed E-state index contributed by atoms with van der Waals surface area (Å²) in [5.74, 6) is -0.249. The van der Waals surface area contributed by atoms with Gasteiger partial charge in [0.15, 0.2) is 11.5 Å². The van der Waals surface area contributed by atoms with Crippen LogP contribution >= 0.6 is 0 Å². The van der Waals surface area contributed by atoms with Gasteiger partial charge in [-0.15, -0.1) is 0 Å². The minimum atomic E-state index is -0.412. The molecule has 0 aliphatic heterocycles. The Morgan fingerprint density at radius 1 is 1.30 bits per heavy atom. The first kappa shape index (κ1) is 14.0. The number of para-hydroxylation sites is 1. The quantitative estimate of drug-likeness (QED) is 0.732. The first-order valence-corrected chi connectivity index (χ1v) is 6.42. The van der Waals surface area contributed by atoms with Crippen LogP contribution in [-0.2, 0) is 6.42 Å². The molecule has 106 valence electrons. The van der Waals surface area contributed by atoms with Crippen LogP contribution in [0.25, 0.3) is 0 Å². The van der Waals surface area contributed by atoms with Crippen LogP contribution in [0, 0.1) is 0 Å². The van der Waals surface area contributed by atoms with Crippen LogP contribution in [-0.4, -0.2) is 22.2 Å². The van der Waals surface area contributed by atoms with Crippen molar-refractivity contribution in [3.8, 4) is 11.5 Å². The van der Waals surface area contributed by atoms with E-state index in [4.69, 9.17) is 4.42 Å². The van der Waals surface area contributed by atoms with Gasteiger partial charge < -0.3 is 19.9 Å². The van der Waals surface area contributed by atoms with Crippen molar-refractivity contribution in [3.63, 3.8) is 0 Å². The van der Waals surface area contributed by atoms with E-state index >= 15 is 0 Å². The smallest absolute Gasteiger partial charge is 0.255 e. The zero-order chi connectivity index (χ0) is 14.5. The van der Waals surface area contributed by atoms with Gasteiger partial charge in [-0.2, -0.15) is 0 Å². The van der Waals surface area contributed by atoms with Gasteiger partial charge in [0.25, 0.3) is 5.91 Å². The van der Waals surface area contributed by atoms with Gasteiger partial charge in [0, 0.05) is 12.5 Å². The highest BCUT2D eigenvalue weighted by Crippen LogP contribution is 2.28. The summed E-state index contributed by atoms with van der Waals surface area (Å²) < 4.78 is 5.22. The SMILES string of the molecule is CC(CCc1ccco1)NC(=O)c1cccc(O)c1O. The largest absolute Gasteiger partial charge is 0.504 e. The van der Waals surface area contributed by atoms with Crippen molar-refractivity contribution in [1.82, 2.24) is 5.32 Å². The third-order valence-corrected chi connectivity index (χ3v) is 3.04. The van der Waals surface area contributed by atoms with Crippen LogP contribution in [0.2, 0.25) is 0 Å². The van der Waals surface area contributed by atoms with E-state index in [1.807, 2.05) is 19.1 Å². The van der Waals surface area contributed by atoms with E-state index in [1.165, 1.54) is 18.2 Å². The number of hydrogen-bond donors (Lipinski definition) is 3. The monoisotopic (exact) mass is 275 g/mol. The fourth-order valence-electron chi connectivity index (χ4n) is 1.90. The average Bonchev–Trinajstić information content (AvgIpc) is 2.92. The lowest BCUT2D eigenvalue weighted by atomic mass is 10.1. The van der Waals surface area contributed by atoms with E-state index in [9.17, 15) is 15.0 Å². The Hall–Kier alpha value is -2.43. The number of hydrogen-bond acceptors (Lipinski definition) is 4. The average molecular weight is 275 g/mol. The maximum atomic E-state index is 12.0. The van der Waals surface area contributed by atoms with Crippen molar-refractivity contribution in [2.45, 2.75) is 25.8 Å². The first-order chi connectivity index (χ1) is 9.58. The van der Waals surface area contributed by atoms with Crippen molar-refractivity contribution in [1.29, 1.82) is 0 Å². The number of aromatic hydroxyl groups is 2. The summed E-state index contributed by atoms with van der Waals surface area (Å²) in [7, 11) is 0. The number of carbonyl (C=O) groups excluding carboxylic acids is 1. The van der Waals surface area contributed by atoms with Gasteiger partial charge in [0.2, 0.25) is 0 Å². The van der Waals surface area contributed by atoms with Crippen LogP contribution in [0.15, 0.2) is 41.0 Å². The number of rotatable bonds is 5. The standard InChI is InChI=1S/C15H17NO4/c1-10(7-8-11-4-3-9-20-11)16-15(19)12-5-2-6-13(17)14(12)18/h2-6,9-10,17-18H,7-8H2,1H3,(H,16,19). The molecule has 0 spiro atoms. The molecule has 1 amide bonds. The van der Waals surface area contributed by atoms with Crippen molar-refractivity contribution in [2.75, 3.05) is 0 Å². The molecule has 0 saturated carbocycles. The number of amides is 1. The molecule has 0 aliphatic carbocycles. The molecule has 0 saturated heterocycles. The first-order valence-electron chi connectivity index (χ1n) is 6.42. The molecule has 5 nitrogen and oxygen atoms in total. The molecule has 3 N–H and O–H groups in total. The minimum Gasteiger partial charge on any atom is -0.504 e. The van der Waals surface area contributed by atoms with Crippen LogP contribution in [0.4, 0.5) is 0 Å². The van der Waals surface area contributed by atoms with E-state index in [0.717, 1.165) is 18.6 Å². The summed E-state index contributed by atoms with van der Waals surface area (Å²) in [6.45, 7) is 1.88. The number of phenols is 2. The van der Waals surface area contributed by atoms with Crippen LogP contribution in [0.5, 0.6) is 11.5 Å². The summed E-state index contributed by atoms with van der Waals surface area (Å²) in [4.78, 5) is 12.0. The van der Waals surface area contributed by atoms with Gasteiger partial charge in [-0.25, -0.2) is 0 Å². The van der Waals surface area contributed by atoms with Gasteiger partial charge in [-0.05, 0) is 37.6 Å². The molecular formula is C15H17NO4. The van der Waals surface area contributed by atoms with Gasteiger partial charge >= 0.3 is 0 Å². The Morgan fingerprint density at radius 2 is 2.10 bits per heavy atom. The molecular weight excluding hydrogens is 258 g/mol. The molecule has 0 aliphatic rings. The van der Waals surface area contributed by atoms with Crippen LogP contribution < -0.4 is 5.32 Å². The third-order valence-electron chi connectivity index (χ3n) is 3.04. The molecule has 2 rings (SSSR count). The third kappa shape index (κ3) is 3.32. The van der Waals surface area contributed by atoms with Crippen molar-refractivity contribution in [2.24, 2.45) is 0 Å². The molecule has 2 aromatic rings. The minimum absolute atomic E-state index is 0.0647. The van der Waals surface area contributed by atoms with Crippen LogP contribution in [0.3, 0.4) is 0 Å². The molecule has 1 aromatic heterocycles. The zero-order valence-corrected chi connectivity index (χ0v) is 11.2. The maximum absolute atomic E-state index is 12.0. The second-order valence-electron chi connectivity index (χ2n) is 4.67.